The van der Waals surface area contributed by atoms with E-state index in [0.29, 0.717) is 5.59 Å². The summed E-state index contributed by atoms with van der Waals surface area (Å²) in [5.74, 6) is 1.16. The average Bonchev–Trinajstić information content (AvgIpc) is 2.65. The van der Waals surface area contributed by atoms with E-state index in [-0.39, 0.29) is 12.3 Å². The standard InChI is InChI=1S/C11H10BN3O2/c1-12(6-13)10-8-4-3-7(11(16)17)5-9(8)15(2)14-10/h3-5H,1-2H3,(H,16,17). The van der Waals surface area contributed by atoms with E-state index < -0.39 is 5.97 Å². The van der Waals surface area contributed by atoms with Crippen LogP contribution in [-0.4, -0.2) is 27.6 Å². The van der Waals surface area contributed by atoms with Gasteiger partial charge >= 0.3 is 12.7 Å². The molecule has 0 amide bonds. The number of carboxylic acid groups (broad SMARTS) is 1. The van der Waals surface area contributed by atoms with Gasteiger partial charge in [0.1, 0.15) is 0 Å². The van der Waals surface area contributed by atoms with Crippen LogP contribution in [0.15, 0.2) is 18.2 Å². The maximum atomic E-state index is 10.9. The summed E-state index contributed by atoms with van der Waals surface area (Å²) >= 11 is 0. The minimum absolute atomic E-state index is 0.219. The number of rotatable bonds is 2. The number of aryl methyl sites for hydroxylation is 1. The fourth-order valence-corrected chi connectivity index (χ4v) is 1.80. The van der Waals surface area contributed by atoms with E-state index in [2.05, 4.69) is 11.1 Å². The van der Waals surface area contributed by atoms with Crippen LogP contribution in [0.4, 0.5) is 0 Å². The smallest absolute Gasteiger partial charge is 0.335 e. The van der Waals surface area contributed by atoms with Crippen LogP contribution >= 0.6 is 0 Å². The number of carboxylic acids is 1. The summed E-state index contributed by atoms with van der Waals surface area (Å²) in [6.07, 6.45) is 0. The number of nitrogens with zero attached hydrogens (tertiary/aromatic N) is 3. The minimum Gasteiger partial charge on any atom is -0.478 e. The van der Waals surface area contributed by atoms with Gasteiger partial charge in [-0.15, -0.1) is 0 Å². The van der Waals surface area contributed by atoms with Crippen molar-refractivity contribution >= 4 is 29.2 Å². The zero-order chi connectivity index (χ0) is 12.6. The predicted molar refractivity (Wildman–Crippen MR) is 64.5 cm³/mol. The van der Waals surface area contributed by atoms with Gasteiger partial charge in [0, 0.05) is 18.4 Å². The summed E-state index contributed by atoms with van der Waals surface area (Å²) < 4.78 is 1.60. The third kappa shape index (κ3) is 1.76. The highest BCUT2D eigenvalue weighted by molar-refractivity contribution is 6.80. The molecule has 1 aromatic heterocycles. The first-order valence-corrected chi connectivity index (χ1v) is 5.14. The largest absolute Gasteiger partial charge is 0.478 e. The Morgan fingerprint density at radius 1 is 1.59 bits per heavy atom. The van der Waals surface area contributed by atoms with Gasteiger partial charge in [0.05, 0.1) is 16.7 Å². The second kappa shape index (κ2) is 3.94. The first-order valence-electron chi connectivity index (χ1n) is 5.14. The number of aromatic carboxylic acids is 1. The highest BCUT2D eigenvalue weighted by Gasteiger charge is 2.19. The molecule has 2 aromatic rings. The van der Waals surface area contributed by atoms with Crippen LogP contribution in [0.5, 0.6) is 0 Å². The lowest BCUT2D eigenvalue weighted by Gasteiger charge is -1.97. The van der Waals surface area contributed by atoms with E-state index in [1.54, 1.807) is 30.7 Å². The van der Waals surface area contributed by atoms with E-state index in [1.807, 2.05) is 0 Å². The molecule has 1 aromatic carbocycles. The molecule has 0 aliphatic rings. The zero-order valence-corrected chi connectivity index (χ0v) is 9.51. The maximum Gasteiger partial charge on any atom is 0.335 e. The Bertz CT molecular complexity index is 642. The van der Waals surface area contributed by atoms with Crippen LogP contribution in [0.1, 0.15) is 10.4 Å². The topological polar surface area (TPSA) is 78.9 Å². The summed E-state index contributed by atoms with van der Waals surface area (Å²) in [6.45, 7) is 1.46. The monoisotopic (exact) mass is 227 g/mol. The molecule has 0 aliphatic heterocycles. The highest BCUT2D eigenvalue weighted by Crippen LogP contribution is 2.14. The molecule has 0 aliphatic carbocycles. The van der Waals surface area contributed by atoms with Gasteiger partial charge in [0.2, 0.25) is 0 Å². The first kappa shape index (κ1) is 11.2. The van der Waals surface area contributed by atoms with Crippen molar-refractivity contribution in [3.63, 3.8) is 0 Å². The second-order valence-electron chi connectivity index (χ2n) is 3.90. The Labute approximate surface area is 98.4 Å². The van der Waals surface area contributed by atoms with Crippen molar-refractivity contribution in [3.05, 3.63) is 23.8 Å². The van der Waals surface area contributed by atoms with Gasteiger partial charge < -0.3 is 5.11 Å². The van der Waals surface area contributed by atoms with E-state index in [4.69, 9.17) is 10.4 Å². The Morgan fingerprint density at radius 2 is 2.29 bits per heavy atom. The fourth-order valence-electron chi connectivity index (χ4n) is 1.80. The molecule has 2 rings (SSSR count). The van der Waals surface area contributed by atoms with Crippen LogP contribution < -0.4 is 5.59 Å². The third-order valence-electron chi connectivity index (χ3n) is 2.73. The number of hydrogen-bond acceptors (Lipinski definition) is 3. The summed E-state index contributed by atoms with van der Waals surface area (Å²) in [7, 11) is 1.74. The van der Waals surface area contributed by atoms with Crippen LogP contribution in [0, 0.1) is 11.2 Å². The third-order valence-corrected chi connectivity index (χ3v) is 2.73. The number of nitriles is 1. The van der Waals surface area contributed by atoms with Gasteiger partial charge in [0.15, 0.2) is 0 Å². The van der Waals surface area contributed by atoms with Gasteiger partial charge in [0.25, 0.3) is 0 Å². The van der Waals surface area contributed by atoms with Crippen LogP contribution in [0.25, 0.3) is 10.9 Å². The highest BCUT2D eigenvalue weighted by atomic mass is 16.4. The Balaban J connectivity index is 2.70. The van der Waals surface area contributed by atoms with Crippen molar-refractivity contribution in [2.45, 2.75) is 6.82 Å². The molecule has 0 radical (unpaired) electrons. The van der Waals surface area contributed by atoms with E-state index in [1.165, 1.54) is 6.07 Å². The Hall–Kier alpha value is -2.29. The molecule has 0 saturated carbocycles. The first-order chi connectivity index (χ1) is 8.04. The zero-order valence-electron chi connectivity index (χ0n) is 9.51. The molecule has 0 bridgehead atoms. The van der Waals surface area contributed by atoms with Crippen LogP contribution in [0.3, 0.4) is 0 Å². The number of fused-ring (bicyclic) bond motifs is 1. The van der Waals surface area contributed by atoms with Crippen molar-refractivity contribution in [3.8, 4) is 5.97 Å². The molecular formula is C11H10BN3O2. The second-order valence-corrected chi connectivity index (χ2v) is 3.90. The van der Waals surface area contributed by atoms with Gasteiger partial charge in [-0.1, -0.05) is 12.9 Å². The van der Waals surface area contributed by atoms with Gasteiger partial charge in [-0.2, -0.15) is 5.10 Å². The normalized spacial score (nSPS) is 10.2. The quantitative estimate of drug-likeness (QED) is 0.764. The molecule has 0 saturated heterocycles. The Morgan fingerprint density at radius 3 is 2.88 bits per heavy atom. The molecule has 6 heteroatoms. The minimum atomic E-state index is -0.969. The molecule has 0 spiro atoms. The van der Waals surface area contributed by atoms with Crippen molar-refractivity contribution in [2.24, 2.45) is 7.05 Å². The fraction of sp³-hybridized carbons (Fsp3) is 0.182. The predicted octanol–water partition coefficient (Wildman–Crippen LogP) is 0.666. The Kier molecular flexibility index (Phi) is 2.60. The molecule has 0 unspecified atom stereocenters. The molecule has 1 heterocycles. The molecular weight excluding hydrogens is 217 g/mol. The average molecular weight is 227 g/mol. The molecule has 1 N–H and O–H groups in total. The maximum absolute atomic E-state index is 10.9. The van der Waals surface area contributed by atoms with Crippen molar-refractivity contribution in [2.75, 3.05) is 0 Å². The molecule has 0 fully saturated rings. The molecule has 0 atom stereocenters. The molecule has 84 valence electrons. The van der Waals surface area contributed by atoms with Gasteiger partial charge in [-0.3, -0.25) is 4.68 Å². The van der Waals surface area contributed by atoms with Crippen molar-refractivity contribution < 1.29 is 9.90 Å². The molecule has 17 heavy (non-hydrogen) atoms. The number of benzene rings is 1. The van der Waals surface area contributed by atoms with Crippen molar-refractivity contribution in [1.29, 1.82) is 5.26 Å². The van der Waals surface area contributed by atoms with Gasteiger partial charge in [-0.25, -0.2) is 10.1 Å². The number of aromatic nitrogens is 2. The number of carbonyl (C=O) groups is 1. The lowest BCUT2D eigenvalue weighted by atomic mass is 9.50. The van der Waals surface area contributed by atoms with Gasteiger partial charge in [-0.05, 0) is 12.1 Å². The van der Waals surface area contributed by atoms with E-state index in [0.717, 1.165) is 10.9 Å². The SMILES string of the molecule is CB(C#N)c1nn(C)c2cc(C(=O)O)ccc12. The van der Waals surface area contributed by atoms with Crippen LogP contribution in [0.2, 0.25) is 6.82 Å². The molecule has 5 nitrogen and oxygen atoms in total. The van der Waals surface area contributed by atoms with E-state index >= 15 is 0 Å². The summed E-state index contributed by atoms with van der Waals surface area (Å²) in [4.78, 5) is 10.9. The number of hydrogen-bond donors (Lipinski definition) is 1. The van der Waals surface area contributed by atoms with E-state index in [9.17, 15) is 4.79 Å². The van der Waals surface area contributed by atoms with Crippen molar-refractivity contribution in [1.82, 2.24) is 9.78 Å². The summed E-state index contributed by atoms with van der Waals surface area (Å²) in [5, 5.41) is 22.9. The summed E-state index contributed by atoms with van der Waals surface area (Å²) in [6, 6.07) is 4.80. The lowest BCUT2D eigenvalue weighted by Crippen LogP contribution is -2.27. The lowest BCUT2D eigenvalue weighted by molar-refractivity contribution is 0.0697. The van der Waals surface area contributed by atoms with Crippen LogP contribution in [-0.2, 0) is 7.05 Å². The summed E-state index contributed by atoms with van der Waals surface area (Å²) in [5.41, 5.74) is 1.63.